The van der Waals surface area contributed by atoms with Crippen molar-refractivity contribution in [3.05, 3.63) is 23.8 Å². The van der Waals surface area contributed by atoms with Crippen molar-refractivity contribution in [3.63, 3.8) is 0 Å². The van der Waals surface area contributed by atoms with Crippen molar-refractivity contribution < 1.29 is 4.79 Å². The number of benzene rings is 1. The molecule has 1 aliphatic heterocycles. The van der Waals surface area contributed by atoms with Crippen LogP contribution in [0, 0.1) is 0 Å². The third-order valence-electron chi connectivity index (χ3n) is 3.39. The van der Waals surface area contributed by atoms with E-state index in [-0.39, 0.29) is 0 Å². The molecule has 0 aliphatic carbocycles. The van der Waals surface area contributed by atoms with Crippen molar-refractivity contribution in [2.75, 3.05) is 31.2 Å². The van der Waals surface area contributed by atoms with Crippen LogP contribution in [0.4, 0.5) is 11.4 Å². The molecule has 1 aromatic rings. The maximum Gasteiger partial charge on any atom is 0.250 e. The van der Waals surface area contributed by atoms with Gasteiger partial charge < -0.3 is 21.7 Å². The molecule has 18 heavy (non-hydrogen) atoms. The lowest BCUT2D eigenvalue weighted by Gasteiger charge is -2.30. The van der Waals surface area contributed by atoms with Gasteiger partial charge in [-0.15, -0.1) is 0 Å². The number of amides is 1. The Hall–Kier alpha value is -1.75. The predicted molar refractivity (Wildman–Crippen MR) is 73.5 cm³/mol. The Bertz CT molecular complexity index is 439. The highest BCUT2D eigenvalue weighted by Crippen LogP contribution is 2.22. The van der Waals surface area contributed by atoms with Crippen LogP contribution in [0.2, 0.25) is 0 Å². The van der Waals surface area contributed by atoms with Gasteiger partial charge in [0.05, 0.1) is 5.56 Å². The highest BCUT2D eigenvalue weighted by molar-refractivity contribution is 5.99. The number of likely N-dealkylation sites (tertiary alicyclic amines) is 1. The molecular weight excluding hydrogens is 228 g/mol. The zero-order valence-electron chi connectivity index (χ0n) is 10.6. The summed E-state index contributed by atoms with van der Waals surface area (Å²) in [4.78, 5) is 13.7. The maximum absolute atomic E-state index is 11.4. The number of carbonyl (C=O) groups is 1. The number of anilines is 2. The zero-order chi connectivity index (χ0) is 13.1. The molecule has 1 aliphatic rings. The van der Waals surface area contributed by atoms with E-state index in [2.05, 4.69) is 17.3 Å². The highest BCUT2D eigenvalue weighted by Gasteiger charge is 2.18. The molecule has 0 spiro atoms. The van der Waals surface area contributed by atoms with Crippen LogP contribution in [0.1, 0.15) is 23.2 Å². The first-order valence-electron chi connectivity index (χ1n) is 6.20. The standard InChI is InChI=1S/C13H20N4O/c1-17-6-4-10(5-7-17)16-12-3-2-9(14)8-11(12)13(15)18/h2-3,8,10,16H,4-7,14H2,1H3,(H2,15,18). The van der Waals surface area contributed by atoms with E-state index < -0.39 is 5.91 Å². The second-order valence-electron chi connectivity index (χ2n) is 4.89. The monoisotopic (exact) mass is 248 g/mol. The summed E-state index contributed by atoms with van der Waals surface area (Å²) in [5.74, 6) is -0.447. The van der Waals surface area contributed by atoms with Crippen LogP contribution in [0.25, 0.3) is 0 Å². The first-order chi connectivity index (χ1) is 8.56. The molecule has 2 rings (SSSR count). The van der Waals surface area contributed by atoms with Gasteiger partial charge in [-0.3, -0.25) is 4.79 Å². The van der Waals surface area contributed by atoms with Crippen molar-refractivity contribution in [2.24, 2.45) is 5.73 Å². The van der Waals surface area contributed by atoms with Gasteiger partial charge in [0.2, 0.25) is 0 Å². The van der Waals surface area contributed by atoms with Crippen LogP contribution in [-0.4, -0.2) is 37.0 Å². The third-order valence-corrected chi connectivity index (χ3v) is 3.39. The van der Waals surface area contributed by atoms with Crippen molar-refractivity contribution >= 4 is 17.3 Å². The fourth-order valence-corrected chi connectivity index (χ4v) is 2.26. The Morgan fingerprint density at radius 1 is 1.39 bits per heavy atom. The van der Waals surface area contributed by atoms with Gasteiger partial charge in [-0.1, -0.05) is 0 Å². The summed E-state index contributed by atoms with van der Waals surface area (Å²) in [7, 11) is 2.12. The number of piperidine rings is 1. The second-order valence-corrected chi connectivity index (χ2v) is 4.89. The van der Waals surface area contributed by atoms with Gasteiger partial charge in [0.15, 0.2) is 0 Å². The largest absolute Gasteiger partial charge is 0.399 e. The maximum atomic E-state index is 11.4. The number of nitrogens with zero attached hydrogens (tertiary/aromatic N) is 1. The summed E-state index contributed by atoms with van der Waals surface area (Å²) in [5.41, 5.74) is 12.8. The van der Waals surface area contributed by atoms with Crippen molar-refractivity contribution in [3.8, 4) is 0 Å². The number of nitrogens with one attached hydrogen (secondary N) is 1. The van der Waals surface area contributed by atoms with Crippen LogP contribution in [0.5, 0.6) is 0 Å². The fourth-order valence-electron chi connectivity index (χ4n) is 2.26. The summed E-state index contributed by atoms with van der Waals surface area (Å²) in [6.07, 6.45) is 2.14. The molecule has 5 N–H and O–H groups in total. The van der Waals surface area contributed by atoms with E-state index in [1.807, 2.05) is 6.07 Å². The molecule has 1 fully saturated rings. The van der Waals surface area contributed by atoms with Crippen LogP contribution in [0.15, 0.2) is 18.2 Å². The SMILES string of the molecule is CN1CCC(Nc2ccc(N)cc2C(N)=O)CC1. The number of nitrogens with two attached hydrogens (primary N) is 2. The Balaban J connectivity index is 2.11. The molecule has 98 valence electrons. The van der Waals surface area contributed by atoms with Gasteiger partial charge in [0.25, 0.3) is 5.91 Å². The summed E-state index contributed by atoms with van der Waals surface area (Å²) >= 11 is 0. The van der Waals surface area contributed by atoms with E-state index in [1.165, 1.54) is 0 Å². The molecule has 0 bridgehead atoms. The second kappa shape index (κ2) is 5.27. The molecule has 0 unspecified atom stereocenters. The Morgan fingerprint density at radius 2 is 2.06 bits per heavy atom. The fraction of sp³-hybridized carbons (Fsp3) is 0.462. The normalized spacial score (nSPS) is 17.6. The minimum absolute atomic E-state index is 0.392. The Kier molecular flexibility index (Phi) is 3.72. The number of carbonyl (C=O) groups excluding carboxylic acids is 1. The predicted octanol–water partition coefficient (Wildman–Crippen LogP) is 0.874. The number of hydrogen-bond acceptors (Lipinski definition) is 4. The first kappa shape index (κ1) is 12.7. The molecule has 5 nitrogen and oxygen atoms in total. The number of rotatable bonds is 3. The molecule has 1 aromatic carbocycles. The summed E-state index contributed by atoms with van der Waals surface area (Å²) in [6, 6.07) is 5.62. The van der Waals surface area contributed by atoms with Crippen molar-refractivity contribution in [1.82, 2.24) is 4.90 Å². The molecule has 0 radical (unpaired) electrons. The van der Waals surface area contributed by atoms with Gasteiger partial charge >= 0.3 is 0 Å². The minimum atomic E-state index is -0.447. The summed E-state index contributed by atoms with van der Waals surface area (Å²) < 4.78 is 0. The van der Waals surface area contributed by atoms with Crippen LogP contribution < -0.4 is 16.8 Å². The van der Waals surface area contributed by atoms with E-state index in [9.17, 15) is 4.79 Å². The van der Waals surface area contributed by atoms with Crippen molar-refractivity contribution in [1.29, 1.82) is 0 Å². The van der Waals surface area contributed by atoms with Gasteiger partial charge in [-0.25, -0.2) is 0 Å². The average Bonchev–Trinajstić information content (AvgIpc) is 2.34. The number of hydrogen-bond donors (Lipinski definition) is 3. The summed E-state index contributed by atoms with van der Waals surface area (Å²) in [6.45, 7) is 2.14. The van der Waals surface area contributed by atoms with Crippen LogP contribution in [0.3, 0.4) is 0 Å². The topological polar surface area (TPSA) is 84.4 Å². The molecule has 0 saturated carbocycles. The average molecular weight is 248 g/mol. The smallest absolute Gasteiger partial charge is 0.250 e. The van der Waals surface area contributed by atoms with Gasteiger partial charge in [-0.05, 0) is 51.2 Å². The quantitative estimate of drug-likeness (QED) is 0.693. The van der Waals surface area contributed by atoms with Gasteiger partial charge in [0.1, 0.15) is 0 Å². The Morgan fingerprint density at radius 3 is 2.67 bits per heavy atom. The molecule has 1 amide bonds. The lowest BCUT2D eigenvalue weighted by Crippen LogP contribution is -2.37. The zero-order valence-corrected chi connectivity index (χ0v) is 10.6. The van der Waals surface area contributed by atoms with Crippen molar-refractivity contribution in [2.45, 2.75) is 18.9 Å². The Labute approximate surface area is 107 Å². The van der Waals surface area contributed by atoms with E-state index >= 15 is 0 Å². The van der Waals surface area contributed by atoms with E-state index in [4.69, 9.17) is 11.5 Å². The molecular formula is C13H20N4O. The van der Waals surface area contributed by atoms with E-state index in [0.717, 1.165) is 31.6 Å². The third kappa shape index (κ3) is 2.92. The minimum Gasteiger partial charge on any atom is -0.399 e. The lowest BCUT2D eigenvalue weighted by atomic mass is 10.0. The molecule has 1 heterocycles. The van der Waals surface area contributed by atoms with E-state index in [1.54, 1.807) is 12.1 Å². The number of nitrogen functional groups attached to an aromatic ring is 1. The lowest BCUT2D eigenvalue weighted by molar-refractivity contribution is 0.100. The molecule has 1 saturated heterocycles. The van der Waals surface area contributed by atoms with Crippen LogP contribution in [-0.2, 0) is 0 Å². The first-order valence-corrected chi connectivity index (χ1v) is 6.20. The van der Waals surface area contributed by atoms with Gasteiger partial charge in [-0.2, -0.15) is 0 Å². The number of primary amides is 1. The van der Waals surface area contributed by atoms with Crippen LogP contribution >= 0.6 is 0 Å². The molecule has 0 aromatic heterocycles. The van der Waals surface area contributed by atoms with Gasteiger partial charge in [0, 0.05) is 17.4 Å². The molecule has 0 atom stereocenters. The molecule has 5 heteroatoms. The highest BCUT2D eigenvalue weighted by atomic mass is 16.1. The van der Waals surface area contributed by atoms with E-state index in [0.29, 0.717) is 17.3 Å². The summed E-state index contributed by atoms with van der Waals surface area (Å²) in [5, 5.41) is 3.40.